The third-order valence-electron chi connectivity index (χ3n) is 4.70. The number of rotatable bonds is 8. The van der Waals surface area contributed by atoms with Gasteiger partial charge in [-0.3, -0.25) is 14.2 Å². The van der Waals surface area contributed by atoms with Crippen LogP contribution in [0.25, 0.3) is 11.4 Å². The monoisotopic (exact) mass is 481 g/mol. The molecule has 4 rings (SSSR count). The molecule has 0 atom stereocenters. The molecule has 0 fully saturated rings. The molecule has 10 heteroatoms. The van der Waals surface area contributed by atoms with E-state index in [1.165, 1.54) is 11.8 Å². The van der Waals surface area contributed by atoms with E-state index in [2.05, 4.69) is 20.8 Å². The molecular formula is C23H20ClN5O3S. The fourth-order valence-electron chi connectivity index (χ4n) is 3.09. The van der Waals surface area contributed by atoms with Gasteiger partial charge in [0.25, 0.3) is 5.91 Å². The highest BCUT2D eigenvalue weighted by molar-refractivity contribution is 7.99. The number of halogens is 1. The van der Waals surface area contributed by atoms with E-state index in [9.17, 15) is 9.59 Å². The van der Waals surface area contributed by atoms with Gasteiger partial charge in [-0.15, -0.1) is 10.2 Å². The quantitative estimate of drug-likeness (QED) is 0.363. The van der Waals surface area contributed by atoms with E-state index in [4.69, 9.17) is 16.0 Å². The van der Waals surface area contributed by atoms with Gasteiger partial charge in [-0.25, -0.2) is 0 Å². The number of benzene rings is 2. The third kappa shape index (κ3) is 5.63. The molecule has 0 spiro atoms. The largest absolute Gasteiger partial charge is 0.467 e. The van der Waals surface area contributed by atoms with Crippen molar-refractivity contribution in [3.8, 4) is 11.4 Å². The standard InChI is InChI=1S/C23H20ClN5O3S/c1-25-22(31)16-6-10-18(11-7-16)26-20(30)14-33-23-28-27-21(15-4-8-17(24)9-5-15)29(23)13-19-3-2-12-32-19/h2-12H,13-14H2,1H3,(H,25,31)(H,26,30). The summed E-state index contributed by atoms with van der Waals surface area (Å²) in [7, 11) is 1.57. The SMILES string of the molecule is CNC(=O)c1ccc(NC(=O)CSc2nnc(-c3ccc(Cl)cc3)n2Cc2ccco2)cc1. The lowest BCUT2D eigenvalue weighted by atomic mass is 10.2. The number of hydrogen-bond acceptors (Lipinski definition) is 6. The summed E-state index contributed by atoms with van der Waals surface area (Å²) in [6.07, 6.45) is 1.61. The van der Waals surface area contributed by atoms with Crippen LogP contribution in [0.4, 0.5) is 5.69 Å². The number of nitrogens with zero attached hydrogens (tertiary/aromatic N) is 3. The Morgan fingerprint density at radius 2 is 1.82 bits per heavy atom. The average Bonchev–Trinajstić information content (AvgIpc) is 3.49. The van der Waals surface area contributed by atoms with Crippen molar-refractivity contribution in [1.29, 1.82) is 0 Å². The third-order valence-corrected chi connectivity index (χ3v) is 5.92. The molecule has 168 valence electrons. The number of nitrogens with one attached hydrogen (secondary N) is 2. The van der Waals surface area contributed by atoms with E-state index >= 15 is 0 Å². The first kappa shape index (κ1) is 22.6. The van der Waals surface area contributed by atoms with Crippen LogP contribution in [-0.4, -0.2) is 39.4 Å². The lowest BCUT2D eigenvalue weighted by Crippen LogP contribution is -2.18. The molecule has 0 aliphatic carbocycles. The first-order valence-corrected chi connectivity index (χ1v) is 11.4. The van der Waals surface area contributed by atoms with Gasteiger partial charge in [0.1, 0.15) is 5.76 Å². The molecule has 0 saturated heterocycles. The molecule has 8 nitrogen and oxygen atoms in total. The maximum Gasteiger partial charge on any atom is 0.251 e. The molecule has 2 N–H and O–H groups in total. The molecule has 2 heterocycles. The summed E-state index contributed by atoms with van der Waals surface area (Å²) in [6.45, 7) is 0.420. The van der Waals surface area contributed by atoms with Crippen LogP contribution in [0.2, 0.25) is 5.02 Å². The lowest BCUT2D eigenvalue weighted by Gasteiger charge is -2.09. The molecule has 0 radical (unpaired) electrons. The number of furan rings is 1. The second-order valence-electron chi connectivity index (χ2n) is 6.97. The second kappa shape index (κ2) is 10.4. The minimum absolute atomic E-state index is 0.133. The molecular weight excluding hydrogens is 462 g/mol. The summed E-state index contributed by atoms with van der Waals surface area (Å²) in [5.74, 6) is 1.14. The van der Waals surface area contributed by atoms with Gasteiger partial charge in [0.05, 0.1) is 18.6 Å². The van der Waals surface area contributed by atoms with E-state index in [0.29, 0.717) is 33.8 Å². The molecule has 0 bridgehead atoms. The van der Waals surface area contributed by atoms with Crippen LogP contribution in [0.1, 0.15) is 16.1 Å². The predicted octanol–water partition coefficient (Wildman–Crippen LogP) is 4.33. The fraction of sp³-hybridized carbons (Fsp3) is 0.130. The number of carbonyl (C=O) groups is 2. The van der Waals surface area contributed by atoms with Crippen LogP contribution in [0.5, 0.6) is 0 Å². The van der Waals surface area contributed by atoms with Crippen molar-refractivity contribution in [1.82, 2.24) is 20.1 Å². The lowest BCUT2D eigenvalue weighted by molar-refractivity contribution is -0.113. The normalized spacial score (nSPS) is 10.7. The van der Waals surface area contributed by atoms with Crippen molar-refractivity contribution in [2.45, 2.75) is 11.7 Å². The van der Waals surface area contributed by atoms with Crippen LogP contribution in [0.15, 0.2) is 76.5 Å². The van der Waals surface area contributed by atoms with Crippen molar-refractivity contribution >= 4 is 40.9 Å². The molecule has 0 aliphatic rings. The molecule has 2 amide bonds. The molecule has 0 saturated carbocycles. The molecule has 33 heavy (non-hydrogen) atoms. The number of thioether (sulfide) groups is 1. The zero-order valence-corrected chi connectivity index (χ0v) is 19.2. The van der Waals surface area contributed by atoms with Crippen molar-refractivity contribution < 1.29 is 14.0 Å². The van der Waals surface area contributed by atoms with Crippen LogP contribution in [-0.2, 0) is 11.3 Å². The van der Waals surface area contributed by atoms with Crippen LogP contribution in [0, 0.1) is 0 Å². The van der Waals surface area contributed by atoms with Crippen LogP contribution in [0.3, 0.4) is 0 Å². The number of anilines is 1. The first-order valence-electron chi connectivity index (χ1n) is 10.00. The summed E-state index contributed by atoms with van der Waals surface area (Å²) >= 11 is 7.29. The minimum Gasteiger partial charge on any atom is -0.467 e. The van der Waals surface area contributed by atoms with Gasteiger partial charge in [0.2, 0.25) is 5.91 Å². The molecule has 4 aromatic rings. The summed E-state index contributed by atoms with van der Waals surface area (Å²) in [6, 6.07) is 17.7. The Morgan fingerprint density at radius 1 is 1.06 bits per heavy atom. The number of aromatic nitrogens is 3. The van der Waals surface area contributed by atoms with E-state index < -0.39 is 0 Å². The van der Waals surface area contributed by atoms with Crippen LogP contribution >= 0.6 is 23.4 Å². The highest BCUT2D eigenvalue weighted by Crippen LogP contribution is 2.26. The minimum atomic E-state index is -0.201. The van der Waals surface area contributed by atoms with E-state index in [-0.39, 0.29) is 17.6 Å². The maximum atomic E-state index is 12.5. The smallest absolute Gasteiger partial charge is 0.251 e. The van der Waals surface area contributed by atoms with E-state index in [1.807, 2.05) is 28.8 Å². The first-order chi connectivity index (χ1) is 16.0. The zero-order chi connectivity index (χ0) is 23.2. The molecule has 0 aliphatic heterocycles. The van der Waals surface area contributed by atoms with Crippen molar-refractivity contribution in [3.63, 3.8) is 0 Å². The van der Waals surface area contributed by atoms with E-state index in [0.717, 1.165) is 11.3 Å². The van der Waals surface area contributed by atoms with Crippen LogP contribution < -0.4 is 10.6 Å². The summed E-state index contributed by atoms with van der Waals surface area (Å²) in [5.41, 5.74) is 1.98. The summed E-state index contributed by atoms with van der Waals surface area (Å²) in [4.78, 5) is 24.1. The highest BCUT2D eigenvalue weighted by Gasteiger charge is 2.17. The Kier molecular flexibility index (Phi) is 7.11. The average molecular weight is 482 g/mol. The number of carbonyl (C=O) groups excluding carboxylic acids is 2. The van der Waals surface area contributed by atoms with Gasteiger partial charge in [-0.1, -0.05) is 23.4 Å². The Morgan fingerprint density at radius 3 is 2.48 bits per heavy atom. The maximum absolute atomic E-state index is 12.5. The Bertz CT molecular complexity index is 1240. The van der Waals surface area contributed by atoms with Gasteiger partial charge in [0.15, 0.2) is 11.0 Å². The Labute approximate surface area is 199 Å². The zero-order valence-electron chi connectivity index (χ0n) is 17.6. The Hall–Kier alpha value is -3.56. The second-order valence-corrected chi connectivity index (χ2v) is 8.35. The molecule has 2 aromatic heterocycles. The van der Waals surface area contributed by atoms with Gasteiger partial charge in [0, 0.05) is 28.9 Å². The summed E-state index contributed by atoms with van der Waals surface area (Å²) in [5, 5.41) is 15.2. The number of amides is 2. The van der Waals surface area contributed by atoms with E-state index in [1.54, 1.807) is 49.7 Å². The predicted molar refractivity (Wildman–Crippen MR) is 127 cm³/mol. The molecule has 2 aromatic carbocycles. The van der Waals surface area contributed by atoms with Gasteiger partial charge in [-0.2, -0.15) is 0 Å². The van der Waals surface area contributed by atoms with Gasteiger partial charge < -0.3 is 15.1 Å². The topological polar surface area (TPSA) is 102 Å². The molecule has 0 unspecified atom stereocenters. The van der Waals surface area contributed by atoms with Gasteiger partial charge >= 0.3 is 0 Å². The van der Waals surface area contributed by atoms with Crippen molar-refractivity contribution in [2.24, 2.45) is 0 Å². The summed E-state index contributed by atoms with van der Waals surface area (Å²) < 4.78 is 7.40. The fourth-order valence-corrected chi connectivity index (χ4v) is 3.95. The van der Waals surface area contributed by atoms with Crippen molar-refractivity contribution in [3.05, 3.63) is 83.3 Å². The highest BCUT2D eigenvalue weighted by atomic mass is 35.5. The Balaban J connectivity index is 1.47. The number of hydrogen-bond donors (Lipinski definition) is 2. The van der Waals surface area contributed by atoms with Crippen molar-refractivity contribution in [2.75, 3.05) is 18.1 Å². The van der Waals surface area contributed by atoms with Gasteiger partial charge in [-0.05, 0) is 60.7 Å².